The van der Waals surface area contributed by atoms with Gasteiger partial charge in [-0.2, -0.15) is 0 Å². The molecule has 2 N–H and O–H groups in total. The number of hydrogen-bond acceptors (Lipinski definition) is 4. The fraction of sp³-hybridized carbons (Fsp3) is 0.324. The molecule has 0 spiro atoms. The lowest BCUT2D eigenvalue weighted by atomic mass is 9.96. The first-order valence-electron chi connectivity index (χ1n) is 15.2. The fourth-order valence-corrected chi connectivity index (χ4v) is 6.46. The number of nitrogens with zero attached hydrogens (tertiary/aromatic N) is 1. The van der Waals surface area contributed by atoms with Crippen molar-refractivity contribution in [3.05, 3.63) is 118 Å². The maximum Gasteiger partial charge on any atom is 0.248 e. The zero-order valence-electron chi connectivity index (χ0n) is 24.5. The molecule has 42 heavy (non-hydrogen) atoms. The van der Waals surface area contributed by atoms with Crippen LogP contribution in [0, 0.1) is 6.92 Å². The smallest absolute Gasteiger partial charge is 0.248 e. The largest absolute Gasteiger partial charge is 0.488 e. The Morgan fingerprint density at radius 3 is 2.36 bits per heavy atom. The Morgan fingerprint density at radius 1 is 0.786 bits per heavy atom. The van der Waals surface area contributed by atoms with Gasteiger partial charge in [-0.15, -0.1) is 0 Å². The molecule has 4 aromatic rings. The third kappa shape index (κ3) is 6.22. The summed E-state index contributed by atoms with van der Waals surface area (Å²) in [5.74, 6) is 1.38. The molecule has 1 aliphatic heterocycles. The van der Waals surface area contributed by atoms with Gasteiger partial charge >= 0.3 is 0 Å². The van der Waals surface area contributed by atoms with Crippen molar-refractivity contribution in [1.29, 1.82) is 0 Å². The number of primary amides is 1. The second-order valence-corrected chi connectivity index (χ2v) is 11.6. The van der Waals surface area contributed by atoms with Gasteiger partial charge in [0, 0.05) is 23.7 Å². The zero-order chi connectivity index (χ0) is 28.9. The quantitative estimate of drug-likeness (QED) is 0.220. The highest BCUT2D eigenvalue weighted by molar-refractivity contribution is 5.92. The first-order valence-corrected chi connectivity index (χ1v) is 15.2. The van der Waals surface area contributed by atoms with Gasteiger partial charge in [-0.1, -0.05) is 67.1 Å². The number of carbonyl (C=O) groups is 1. The maximum absolute atomic E-state index is 11.7. The molecule has 1 saturated heterocycles. The lowest BCUT2D eigenvalue weighted by Crippen LogP contribution is -2.29. The standard InChI is InChI=1S/C37H40N2O3/c1-26-30(15-9-16-31(26)28-12-4-2-5-13-28)25-42-35-22-36(41-24-27-11-8-14-29(21-27)37(38)40)34(32-17-10-18-33(32)35)23-39-19-6-3-7-20-39/h2,4-5,8-9,11-16,21-22H,3,6-7,10,17-20,23-25H2,1H3,(H2,38,40). The highest BCUT2D eigenvalue weighted by Crippen LogP contribution is 2.41. The van der Waals surface area contributed by atoms with Gasteiger partial charge in [-0.3, -0.25) is 9.69 Å². The molecule has 216 valence electrons. The molecule has 4 aromatic carbocycles. The van der Waals surface area contributed by atoms with Crippen LogP contribution in [0.1, 0.15) is 69.4 Å². The summed E-state index contributed by atoms with van der Waals surface area (Å²) in [4.78, 5) is 14.3. The molecule has 0 atom stereocenters. The van der Waals surface area contributed by atoms with E-state index in [9.17, 15) is 4.79 Å². The Labute approximate surface area is 249 Å². The van der Waals surface area contributed by atoms with E-state index in [0.717, 1.165) is 56.0 Å². The zero-order valence-corrected chi connectivity index (χ0v) is 24.5. The van der Waals surface area contributed by atoms with Crippen LogP contribution < -0.4 is 15.2 Å². The van der Waals surface area contributed by atoms with E-state index in [-0.39, 0.29) is 0 Å². The van der Waals surface area contributed by atoms with Crippen LogP contribution in [0.25, 0.3) is 11.1 Å². The summed E-state index contributed by atoms with van der Waals surface area (Å²) >= 11 is 0. The molecule has 0 radical (unpaired) electrons. The van der Waals surface area contributed by atoms with Crippen LogP contribution in [0.3, 0.4) is 0 Å². The average molecular weight is 561 g/mol. The van der Waals surface area contributed by atoms with Crippen LogP contribution in [0.4, 0.5) is 0 Å². The van der Waals surface area contributed by atoms with Crippen LogP contribution in [-0.2, 0) is 32.6 Å². The van der Waals surface area contributed by atoms with E-state index in [1.54, 1.807) is 6.07 Å². The number of rotatable bonds is 10. The minimum absolute atomic E-state index is 0.366. The SMILES string of the molecule is Cc1c(COc2cc(OCc3cccc(C(N)=O)c3)c(CN3CCCCC3)c3c2CCC3)cccc1-c1ccccc1. The summed E-state index contributed by atoms with van der Waals surface area (Å²) in [5, 5.41) is 0. The van der Waals surface area contributed by atoms with Crippen molar-refractivity contribution >= 4 is 5.91 Å². The first kappa shape index (κ1) is 28.0. The highest BCUT2D eigenvalue weighted by atomic mass is 16.5. The second-order valence-electron chi connectivity index (χ2n) is 11.6. The third-order valence-corrected chi connectivity index (χ3v) is 8.79. The van der Waals surface area contributed by atoms with Gasteiger partial charge in [-0.05, 0) is 103 Å². The number of hydrogen-bond donors (Lipinski definition) is 1. The summed E-state index contributed by atoms with van der Waals surface area (Å²) < 4.78 is 13.2. The second kappa shape index (κ2) is 12.8. The summed E-state index contributed by atoms with van der Waals surface area (Å²) in [5.41, 5.74) is 15.9. The Balaban J connectivity index is 1.30. The van der Waals surface area contributed by atoms with Crippen molar-refractivity contribution in [3.8, 4) is 22.6 Å². The van der Waals surface area contributed by atoms with Crippen molar-refractivity contribution in [2.45, 2.75) is 65.2 Å². The van der Waals surface area contributed by atoms with Crippen molar-refractivity contribution in [2.75, 3.05) is 13.1 Å². The number of piperidine rings is 1. The Kier molecular flexibility index (Phi) is 8.57. The number of fused-ring (bicyclic) bond motifs is 1. The third-order valence-electron chi connectivity index (χ3n) is 8.79. The predicted octanol–water partition coefficient (Wildman–Crippen LogP) is 7.39. The van der Waals surface area contributed by atoms with Gasteiger partial charge < -0.3 is 15.2 Å². The lowest BCUT2D eigenvalue weighted by molar-refractivity contribution is 0.1000. The minimum Gasteiger partial charge on any atom is -0.488 e. The molecular formula is C37H40N2O3. The van der Waals surface area contributed by atoms with Gasteiger partial charge in [0.05, 0.1) is 0 Å². The molecule has 5 nitrogen and oxygen atoms in total. The van der Waals surface area contributed by atoms with Crippen molar-refractivity contribution in [1.82, 2.24) is 4.90 Å². The molecular weight excluding hydrogens is 520 g/mol. The van der Waals surface area contributed by atoms with Crippen molar-refractivity contribution < 1.29 is 14.3 Å². The number of benzene rings is 4. The van der Waals surface area contributed by atoms with Gasteiger partial charge in [0.25, 0.3) is 0 Å². The topological polar surface area (TPSA) is 64.8 Å². The van der Waals surface area contributed by atoms with Crippen LogP contribution in [0.2, 0.25) is 0 Å². The molecule has 1 heterocycles. The highest BCUT2D eigenvalue weighted by Gasteiger charge is 2.26. The molecule has 1 fully saturated rings. The number of amides is 1. The number of ether oxygens (including phenoxy) is 2. The van der Waals surface area contributed by atoms with Crippen molar-refractivity contribution in [2.24, 2.45) is 5.73 Å². The monoisotopic (exact) mass is 560 g/mol. The molecule has 0 saturated carbocycles. The van der Waals surface area contributed by atoms with Gasteiger partial charge in [0.15, 0.2) is 0 Å². The minimum atomic E-state index is -0.428. The van der Waals surface area contributed by atoms with Crippen molar-refractivity contribution in [3.63, 3.8) is 0 Å². The average Bonchev–Trinajstić information content (AvgIpc) is 3.52. The Hall–Kier alpha value is -4.09. The number of carbonyl (C=O) groups excluding carboxylic acids is 1. The molecule has 0 aromatic heterocycles. The predicted molar refractivity (Wildman–Crippen MR) is 168 cm³/mol. The number of likely N-dealkylation sites (tertiary alicyclic amines) is 1. The molecule has 0 bridgehead atoms. The fourth-order valence-electron chi connectivity index (χ4n) is 6.46. The van der Waals surface area contributed by atoms with E-state index < -0.39 is 5.91 Å². The molecule has 1 amide bonds. The lowest BCUT2D eigenvalue weighted by Gasteiger charge is -2.29. The summed E-state index contributed by atoms with van der Waals surface area (Å²) in [6, 6.07) is 26.5. The summed E-state index contributed by atoms with van der Waals surface area (Å²) in [6.45, 7) is 6.21. The van der Waals surface area contributed by atoms with E-state index in [2.05, 4.69) is 66.4 Å². The first-order chi connectivity index (χ1) is 20.6. The van der Waals surface area contributed by atoms with E-state index in [4.69, 9.17) is 15.2 Å². The van der Waals surface area contributed by atoms with Crippen LogP contribution in [0.5, 0.6) is 11.5 Å². The van der Waals surface area contributed by atoms with Gasteiger partial charge in [0.2, 0.25) is 5.91 Å². The Bertz CT molecular complexity index is 1560. The molecule has 1 aliphatic carbocycles. The van der Waals surface area contributed by atoms with Gasteiger partial charge in [0.1, 0.15) is 24.7 Å². The molecule has 0 unspecified atom stereocenters. The van der Waals surface area contributed by atoms with Crippen LogP contribution in [0.15, 0.2) is 78.9 Å². The van der Waals surface area contributed by atoms with Crippen LogP contribution in [-0.4, -0.2) is 23.9 Å². The molecule has 2 aliphatic rings. The van der Waals surface area contributed by atoms with Gasteiger partial charge in [-0.25, -0.2) is 0 Å². The van der Waals surface area contributed by atoms with E-state index in [0.29, 0.717) is 18.8 Å². The van der Waals surface area contributed by atoms with E-state index in [1.807, 2.05) is 18.2 Å². The molecule has 5 heteroatoms. The summed E-state index contributed by atoms with van der Waals surface area (Å²) in [7, 11) is 0. The normalized spacial score (nSPS) is 14.9. The van der Waals surface area contributed by atoms with E-state index >= 15 is 0 Å². The maximum atomic E-state index is 11.7. The molecule has 6 rings (SSSR count). The van der Waals surface area contributed by atoms with Crippen LogP contribution >= 0.6 is 0 Å². The summed E-state index contributed by atoms with van der Waals surface area (Å²) in [6.07, 6.45) is 7.02. The number of nitrogens with two attached hydrogens (primary N) is 1. The van der Waals surface area contributed by atoms with E-state index in [1.165, 1.54) is 58.2 Å². The Morgan fingerprint density at radius 2 is 1.55 bits per heavy atom.